The monoisotopic (exact) mass is 407 g/mol. The van der Waals surface area contributed by atoms with Crippen molar-refractivity contribution < 1.29 is 9.53 Å². The lowest BCUT2D eigenvalue weighted by molar-refractivity contribution is 0.0303. The van der Waals surface area contributed by atoms with Gasteiger partial charge in [-0.1, -0.05) is 23.7 Å². The Hall–Kier alpha value is -2.76. The van der Waals surface area contributed by atoms with Crippen LogP contribution in [0, 0.1) is 13.8 Å². The SMILES string of the molecule is Cc1ccc(-c2c(-c3ccc(Cl)c(C(=O)N4CCOCC4)c3)ccnc2C)cn1. The number of carbonyl (C=O) groups is 1. The topological polar surface area (TPSA) is 55.3 Å². The fourth-order valence-electron chi connectivity index (χ4n) is 3.58. The molecule has 0 aliphatic carbocycles. The van der Waals surface area contributed by atoms with E-state index in [1.54, 1.807) is 17.2 Å². The summed E-state index contributed by atoms with van der Waals surface area (Å²) in [6, 6.07) is 11.6. The first-order valence-electron chi connectivity index (χ1n) is 9.60. The van der Waals surface area contributed by atoms with Crippen molar-refractivity contribution in [2.45, 2.75) is 13.8 Å². The van der Waals surface area contributed by atoms with Crippen LogP contribution in [0.5, 0.6) is 0 Å². The van der Waals surface area contributed by atoms with E-state index in [0.29, 0.717) is 36.9 Å². The first kappa shape index (κ1) is 19.6. The molecular weight excluding hydrogens is 386 g/mol. The highest BCUT2D eigenvalue weighted by Crippen LogP contribution is 2.35. The molecule has 3 heterocycles. The molecule has 5 nitrogen and oxygen atoms in total. The van der Waals surface area contributed by atoms with Gasteiger partial charge in [0.15, 0.2) is 0 Å². The summed E-state index contributed by atoms with van der Waals surface area (Å²) < 4.78 is 5.36. The molecule has 148 valence electrons. The average Bonchev–Trinajstić information content (AvgIpc) is 2.75. The third-order valence-corrected chi connectivity index (χ3v) is 5.48. The van der Waals surface area contributed by atoms with E-state index in [1.165, 1.54) is 0 Å². The van der Waals surface area contributed by atoms with Crippen LogP contribution in [0.3, 0.4) is 0 Å². The minimum absolute atomic E-state index is 0.0653. The number of amides is 1. The van der Waals surface area contributed by atoms with Crippen LogP contribution in [0.4, 0.5) is 0 Å². The Morgan fingerprint density at radius 2 is 1.79 bits per heavy atom. The highest BCUT2D eigenvalue weighted by atomic mass is 35.5. The molecule has 1 saturated heterocycles. The number of morpholine rings is 1. The minimum Gasteiger partial charge on any atom is -0.378 e. The van der Waals surface area contributed by atoms with Gasteiger partial charge >= 0.3 is 0 Å². The first-order chi connectivity index (χ1) is 14.0. The van der Waals surface area contributed by atoms with Crippen LogP contribution < -0.4 is 0 Å². The van der Waals surface area contributed by atoms with Gasteiger partial charge in [-0.2, -0.15) is 0 Å². The van der Waals surface area contributed by atoms with Gasteiger partial charge in [0.25, 0.3) is 5.91 Å². The van der Waals surface area contributed by atoms with E-state index in [0.717, 1.165) is 33.6 Å². The third kappa shape index (κ3) is 4.02. The van der Waals surface area contributed by atoms with Crippen molar-refractivity contribution >= 4 is 17.5 Å². The van der Waals surface area contributed by atoms with Gasteiger partial charge in [0.2, 0.25) is 0 Å². The summed E-state index contributed by atoms with van der Waals surface area (Å²) in [6.07, 6.45) is 3.65. The molecule has 0 saturated carbocycles. The molecule has 1 aromatic carbocycles. The number of aromatic nitrogens is 2. The predicted octanol–water partition coefficient (Wildman–Crippen LogP) is 4.55. The summed E-state index contributed by atoms with van der Waals surface area (Å²) in [7, 11) is 0. The summed E-state index contributed by atoms with van der Waals surface area (Å²) in [6.45, 7) is 6.20. The van der Waals surface area contributed by atoms with Crippen molar-refractivity contribution in [1.82, 2.24) is 14.9 Å². The highest BCUT2D eigenvalue weighted by molar-refractivity contribution is 6.34. The number of benzene rings is 1. The quantitative estimate of drug-likeness (QED) is 0.639. The van der Waals surface area contributed by atoms with Crippen LogP contribution in [-0.4, -0.2) is 47.1 Å². The van der Waals surface area contributed by atoms with E-state index in [4.69, 9.17) is 16.3 Å². The van der Waals surface area contributed by atoms with Crippen molar-refractivity contribution in [3.8, 4) is 22.3 Å². The Morgan fingerprint density at radius 1 is 1.03 bits per heavy atom. The highest BCUT2D eigenvalue weighted by Gasteiger charge is 2.22. The number of hydrogen-bond donors (Lipinski definition) is 0. The molecule has 1 fully saturated rings. The number of nitrogens with zero attached hydrogens (tertiary/aromatic N) is 3. The Morgan fingerprint density at radius 3 is 2.52 bits per heavy atom. The zero-order chi connectivity index (χ0) is 20.4. The number of ether oxygens (including phenoxy) is 1. The predicted molar refractivity (Wildman–Crippen MR) is 114 cm³/mol. The van der Waals surface area contributed by atoms with Gasteiger partial charge < -0.3 is 9.64 Å². The Kier molecular flexibility index (Phi) is 5.60. The lowest BCUT2D eigenvalue weighted by atomic mass is 9.93. The van der Waals surface area contributed by atoms with Gasteiger partial charge in [-0.05, 0) is 49.2 Å². The molecule has 1 aliphatic rings. The van der Waals surface area contributed by atoms with E-state index in [1.807, 2.05) is 50.4 Å². The van der Waals surface area contributed by atoms with Gasteiger partial charge in [-0.3, -0.25) is 14.8 Å². The first-order valence-corrected chi connectivity index (χ1v) is 9.98. The maximum absolute atomic E-state index is 13.0. The van der Waals surface area contributed by atoms with Crippen molar-refractivity contribution in [2.24, 2.45) is 0 Å². The van der Waals surface area contributed by atoms with Crippen LogP contribution in [0.2, 0.25) is 5.02 Å². The van der Waals surface area contributed by atoms with Crippen molar-refractivity contribution in [3.63, 3.8) is 0 Å². The largest absolute Gasteiger partial charge is 0.378 e. The lowest BCUT2D eigenvalue weighted by Gasteiger charge is -2.27. The van der Waals surface area contributed by atoms with E-state index < -0.39 is 0 Å². The Labute approximate surface area is 175 Å². The average molecular weight is 408 g/mol. The van der Waals surface area contributed by atoms with E-state index in [9.17, 15) is 4.79 Å². The smallest absolute Gasteiger partial charge is 0.255 e. The van der Waals surface area contributed by atoms with Crippen LogP contribution >= 0.6 is 11.6 Å². The second-order valence-electron chi connectivity index (χ2n) is 7.11. The fourth-order valence-corrected chi connectivity index (χ4v) is 3.78. The van der Waals surface area contributed by atoms with Crippen LogP contribution in [0.15, 0.2) is 48.8 Å². The Bertz CT molecular complexity index is 1040. The summed E-state index contributed by atoms with van der Waals surface area (Å²) in [5.74, 6) is -0.0653. The maximum Gasteiger partial charge on any atom is 0.255 e. The molecule has 29 heavy (non-hydrogen) atoms. The lowest BCUT2D eigenvalue weighted by Crippen LogP contribution is -2.40. The minimum atomic E-state index is -0.0653. The molecular formula is C23H22ClN3O2. The number of halogens is 1. The molecule has 6 heteroatoms. The molecule has 3 aromatic rings. The molecule has 4 rings (SSSR count). The van der Waals surface area contributed by atoms with Crippen molar-refractivity contribution in [1.29, 1.82) is 0 Å². The van der Waals surface area contributed by atoms with E-state index in [2.05, 4.69) is 9.97 Å². The summed E-state index contributed by atoms with van der Waals surface area (Å²) in [5.41, 5.74) is 6.29. The van der Waals surface area contributed by atoms with E-state index in [-0.39, 0.29) is 5.91 Å². The van der Waals surface area contributed by atoms with Crippen molar-refractivity contribution in [2.75, 3.05) is 26.3 Å². The van der Waals surface area contributed by atoms with Gasteiger partial charge in [0.05, 0.1) is 23.8 Å². The fraction of sp³-hybridized carbons (Fsp3) is 0.261. The molecule has 0 spiro atoms. The van der Waals surface area contributed by atoms with Crippen LogP contribution in [0.1, 0.15) is 21.7 Å². The standard InChI is InChI=1S/C23H22ClN3O2/c1-15-3-4-18(14-26-15)22-16(2)25-8-7-19(22)17-5-6-21(24)20(13-17)23(28)27-9-11-29-12-10-27/h3-8,13-14H,9-12H2,1-2H3. The molecule has 2 aromatic heterocycles. The molecule has 1 amide bonds. The van der Waals surface area contributed by atoms with Gasteiger partial charge in [0, 0.05) is 48.0 Å². The summed E-state index contributed by atoms with van der Waals surface area (Å²) >= 11 is 6.40. The number of aryl methyl sites for hydroxylation is 2. The molecule has 1 aliphatic heterocycles. The van der Waals surface area contributed by atoms with Gasteiger partial charge in [0.1, 0.15) is 0 Å². The van der Waals surface area contributed by atoms with Gasteiger partial charge in [-0.15, -0.1) is 0 Å². The molecule has 0 unspecified atom stereocenters. The van der Waals surface area contributed by atoms with Crippen LogP contribution in [-0.2, 0) is 4.74 Å². The molecule has 0 bridgehead atoms. The van der Waals surface area contributed by atoms with Crippen molar-refractivity contribution in [3.05, 3.63) is 70.8 Å². The third-order valence-electron chi connectivity index (χ3n) is 5.15. The molecule has 0 N–H and O–H groups in total. The van der Waals surface area contributed by atoms with Crippen LogP contribution in [0.25, 0.3) is 22.3 Å². The van der Waals surface area contributed by atoms with Gasteiger partial charge in [-0.25, -0.2) is 0 Å². The number of carbonyl (C=O) groups excluding carboxylic acids is 1. The summed E-state index contributed by atoms with van der Waals surface area (Å²) in [5, 5.41) is 0.453. The zero-order valence-electron chi connectivity index (χ0n) is 16.5. The number of rotatable bonds is 3. The normalized spacial score (nSPS) is 14.1. The molecule has 0 atom stereocenters. The summed E-state index contributed by atoms with van der Waals surface area (Å²) in [4.78, 5) is 23.7. The van der Waals surface area contributed by atoms with E-state index >= 15 is 0 Å². The number of pyridine rings is 2. The zero-order valence-corrected chi connectivity index (χ0v) is 17.2. The Balaban J connectivity index is 1.79. The number of hydrogen-bond acceptors (Lipinski definition) is 4. The molecule has 0 radical (unpaired) electrons. The second kappa shape index (κ2) is 8.31. The maximum atomic E-state index is 13.0. The second-order valence-corrected chi connectivity index (χ2v) is 7.51.